The Kier molecular flexibility index (Phi) is 7.09. The molecule has 3 heterocycles. The Balaban J connectivity index is 1.47. The van der Waals surface area contributed by atoms with E-state index in [1.54, 1.807) is 11.3 Å². The van der Waals surface area contributed by atoms with E-state index in [9.17, 15) is 9.59 Å². The van der Waals surface area contributed by atoms with Crippen molar-refractivity contribution in [2.24, 2.45) is 11.7 Å². The Morgan fingerprint density at radius 1 is 1.19 bits per heavy atom. The van der Waals surface area contributed by atoms with Gasteiger partial charge in [-0.25, -0.2) is 0 Å². The van der Waals surface area contributed by atoms with E-state index in [1.807, 2.05) is 40.6 Å². The number of anilines is 1. The molecule has 2 aliphatic heterocycles. The van der Waals surface area contributed by atoms with E-state index in [0.717, 1.165) is 42.9 Å². The van der Waals surface area contributed by atoms with Gasteiger partial charge in [0, 0.05) is 29.6 Å². The summed E-state index contributed by atoms with van der Waals surface area (Å²) < 4.78 is 11.4. The zero-order valence-corrected chi connectivity index (χ0v) is 18.4. The number of hydrogen-bond acceptors (Lipinski definition) is 6. The molecule has 0 bridgehead atoms. The Hall–Kier alpha value is -2.58. The third-order valence-corrected chi connectivity index (χ3v) is 6.65. The summed E-state index contributed by atoms with van der Waals surface area (Å²) in [6.07, 6.45) is 3.32. The van der Waals surface area contributed by atoms with Crippen LogP contribution in [-0.4, -0.2) is 49.6 Å². The second kappa shape index (κ2) is 10.2. The van der Waals surface area contributed by atoms with Crippen LogP contribution in [0.15, 0.2) is 35.7 Å². The quantitative estimate of drug-likeness (QED) is 0.678. The molecule has 0 spiro atoms. The fraction of sp³-hybridized carbons (Fsp3) is 0.478. The van der Waals surface area contributed by atoms with E-state index in [-0.39, 0.29) is 11.8 Å². The van der Waals surface area contributed by atoms with Crippen molar-refractivity contribution in [3.8, 4) is 11.5 Å². The fourth-order valence-electron chi connectivity index (χ4n) is 4.24. The monoisotopic (exact) mass is 443 g/mol. The predicted octanol–water partition coefficient (Wildman–Crippen LogP) is 3.03. The van der Waals surface area contributed by atoms with Crippen LogP contribution in [-0.2, 0) is 16.1 Å². The zero-order valence-electron chi connectivity index (χ0n) is 17.6. The number of carbonyl (C=O) groups excluding carboxylic acids is 2. The molecule has 2 aromatic rings. The average molecular weight is 444 g/mol. The topological polar surface area (TPSA) is 85.1 Å². The van der Waals surface area contributed by atoms with Gasteiger partial charge in [0.15, 0.2) is 11.5 Å². The number of thiophene rings is 1. The van der Waals surface area contributed by atoms with Crippen LogP contribution in [0.25, 0.3) is 0 Å². The zero-order chi connectivity index (χ0) is 21.6. The maximum absolute atomic E-state index is 13.4. The summed E-state index contributed by atoms with van der Waals surface area (Å²) in [6, 6.07) is 9.74. The first kappa shape index (κ1) is 21.6. The highest BCUT2D eigenvalue weighted by Gasteiger charge is 2.26. The first-order valence-electron chi connectivity index (χ1n) is 10.8. The second-order valence-corrected chi connectivity index (χ2v) is 9.17. The number of amides is 2. The van der Waals surface area contributed by atoms with Crippen LogP contribution in [0.1, 0.15) is 30.6 Å². The molecule has 1 fully saturated rings. The highest BCUT2D eigenvalue weighted by atomic mass is 32.1. The molecule has 4 rings (SSSR count). The van der Waals surface area contributed by atoms with E-state index < -0.39 is 0 Å². The number of carbonyl (C=O) groups is 2. The minimum Gasteiger partial charge on any atom is -0.486 e. The normalized spacial score (nSPS) is 18.5. The van der Waals surface area contributed by atoms with Crippen LogP contribution in [0, 0.1) is 5.92 Å². The molecule has 0 radical (unpaired) electrons. The minimum atomic E-state index is -0.256. The molecule has 2 amide bonds. The number of nitrogens with zero attached hydrogens (tertiary/aromatic N) is 2. The van der Waals surface area contributed by atoms with Crippen molar-refractivity contribution in [3.63, 3.8) is 0 Å². The number of fused-ring (bicyclic) bond motifs is 1. The largest absolute Gasteiger partial charge is 0.486 e. The molecule has 1 atom stereocenters. The van der Waals surface area contributed by atoms with E-state index in [2.05, 4.69) is 4.90 Å². The average Bonchev–Trinajstić information content (AvgIpc) is 3.29. The van der Waals surface area contributed by atoms with Crippen molar-refractivity contribution >= 4 is 28.8 Å². The van der Waals surface area contributed by atoms with Crippen molar-refractivity contribution in [1.82, 2.24) is 4.90 Å². The van der Waals surface area contributed by atoms with Gasteiger partial charge in [-0.05, 0) is 55.3 Å². The van der Waals surface area contributed by atoms with E-state index >= 15 is 0 Å². The molecule has 2 N–H and O–H groups in total. The molecule has 1 aromatic carbocycles. The lowest BCUT2D eigenvalue weighted by atomic mass is 9.93. The molecular weight excluding hydrogens is 414 g/mol. The van der Waals surface area contributed by atoms with Gasteiger partial charge in [-0.15, -0.1) is 11.3 Å². The number of rotatable bonds is 8. The maximum atomic E-state index is 13.4. The van der Waals surface area contributed by atoms with Gasteiger partial charge in [-0.2, -0.15) is 0 Å². The molecule has 1 saturated heterocycles. The summed E-state index contributed by atoms with van der Waals surface area (Å²) in [5, 5.41) is 2.02. The Bertz CT molecular complexity index is 902. The van der Waals surface area contributed by atoms with Crippen LogP contribution in [0.2, 0.25) is 0 Å². The van der Waals surface area contributed by atoms with Gasteiger partial charge in [-0.1, -0.05) is 6.07 Å². The van der Waals surface area contributed by atoms with Gasteiger partial charge in [0.05, 0.1) is 13.1 Å². The lowest BCUT2D eigenvalue weighted by Crippen LogP contribution is -2.44. The molecular formula is C23H29N3O4S. The molecule has 1 aromatic heterocycles. The van der Waals surface area contributed by atoms with Crippen molar-refractivity contribution < 1.29 is 19.1 Å². The molecule has 31 heavy (non-hydrogen) atoms. The lowest BCUT2D eigenvalue weighted by Gasteiger charge is -2.34. The summed E-state index contributed by atoms with van der Waals surface area (Å²) >= 11 is 1.64. The predicted molar refractivity (Wildman–Crippen MR) is 121 cm³/mol. The highest BCUT2D eigenvalue weighted by molar-refractivity contribution is 7.09. The van der Waals surface area contributed by atoms with Gasteiger partial charge < -0.3 is 20.1 Å². The van der Waals surface area contributed by atoms with Gasteiger partial charge in [-0.3, -0.25) is 14.5 Å². The van der Waals surface area contributed by atoms with Crippen molar-refractivity contribution in [2.75, 3.05) is 37.7 Å². The van der Waals surface area contributed by atoms with Crippen LogP contribution < -0.4 is 20.1 Å². The molecule has 2 aliphatic rings. The molecule has 166 valence electrons. The summed E-state index contributed by atoms with van der Waals surface area (Å²) in [7, 11) is 0. The third kappa shape index (κ3) is 5.77. The Labute approximate surface area is 186 Å². The molecule has 8 heteroatoms. The third-order valence-electron chi connectivity index (χ3n) is 5.79. The Morgan fingerprint density at radius 3 is 2.81 bits per heavy atom. The summed E-state index contributed by atoms with van der Waals surface area (Å²) in [6.45, 7) is 3.65. The molecule has 0 aliphatic carbocycles. The standard InChI is InChI=1S/C23H29N3O4S/c24-22(27)8-5-17-3-1-9-25(14-17)16-23(28)26(15-19-4-2-12-31-19)18-6-7-20-21(13-18)30-11-10-29-20/h2,4,6-7,12-13,17H,1,3,5,8-11,14-16H2,(H2,24,27). The van der Waals surface area contributed by atoms with Crippen molar-refractivity contribution in [3.05, 3.63) is 40.6 Å². The minimum absolute atomic E-state index is 0.0561. The number of nitrogens with two attached hydrogens (primary N) is 1. The molecule has 0 saturated carbocycles. The number of ether oxygens (including phenoxy) is 2. The van der Waals surface area contributed by atoms with Crippen molar-refractivity contribution in [2.45, 2.75) is 32.2 Å². The van der Waals surface area contributed by atoms with Crippen LogP contribution in [0.3, 0.4) is 0 Å². The highest BCUT2D eigenvalue weighted by Crippen LogP contribution is 2.35. The number of benzene rings is 1. The second-order valence-electron chi connectivity index (χ2n) is 8.14. The van der Waals surface area contributed by atoms with E-state index in [4.69, 9.17) is 15.2 Å². The summed E-state index contributed by atoms with van der Waals surface area (Å²) in [5.74, 6) is 1.60. The van der Waals surface area contributed by atoms with Gasteiger partial charge in [0.25, 0.3) is 0 Å². The summed E-state index contributed by atoms with van der Waals surface area (Å²) in [5.41, 5.74) is 6.12. The van der Waals surface area contributed by atoms with E-state index in [1.165, 1.54) is 0 Å². The van der Waals surface area contributed by atoms with Gasteiger partial charge >= 0.3 is 0 Å². The number of primary amides is 1. The SMILES string of the molecule is NC(=O)CCC1CCCN(CC(=O)N(Cc2cccs2)c2ccc3c(c2)OCCO3)C1. The number of piperidine rings is 1. The summed E-state index contributed by atoms with van der Waals surface area (Å²) in [4.78, 5) is 29.7. The van der Waals surface area contributed by atoms with Crippen LogP contribution >= 0.6 is 11.3 Å². The number of likely N-dealkylation sites (tertiary alicyclic amines) is 1. The van der Waals surface area contributed by atoms with Gasteiger partial charge in [0.2, 0.25) is 11.8 Å². The first-order chi connectivity index (χ1) is 15.1. The Morgan fingerprint density at radius 2 is 2.03 bits per heavy atom. The van der Waals surface area contributed by atoms with Gasteiger partial charge in [0.1, 0.15) is 13.2 Å². The first-order valence-corrected chi connectivity index (χ1v) is 11.7. The maximum Gasteiger partial charge on any atom is 0.241 e. The van der Waals surface area contributed by atoms with Crippen LogP contribution in [0.5, 0.6) is 11.5 Å². The fourth-order valence-corrected chi connectivity index (χ4v) is 4.93. The molecule has 1 unspecified atom stereocenters. The van der Waals surface area contributed by atoms with Crippen molar-refractivity contribution in [1.29, 1.82) is 0 Å². The van der Waals surface area contributed by atoms with Crippen LogP contribution in [0.4, 0.5) is 5.69 Å². The lowest BCUT2D eigenvalue weighted by molar-refractivity contribution is -0.121. The smallest absolute Gasteiger partial charge is 0.241 e. The molecule has 7 nitrogen and oxygen atoms in total. The number of hydrogen-bond donors (Lipinski definition) is 1. The van der Waals surface area contributed by atoms with E-state index in [0.29, 0.717) is 50.1 Å².